The van der Waals surface area contributed by atoms with Gasteiger partial charge in [0, 0.05) is 26.2 Å². The van der Waals surface area contributed by atoms with Gasteiger partial charge in [-0.3, -0.25) is 25.2 Å². The van der Waals surface area contributed by atoms with E-state index in [1.165, 1.54) is 36.4 Å². The predicted molar refractivity (Wildman–Crippen MR) is 148 cm³/mol. The van der Waals surface area contributed by atoms with Crippen molar-refractivity contribution < 1.29 is 19.2 Å². The zero-order valence-corrected chi connectivity index (χ0v) is 23.4. The number of ether oxygens (including phenoxy) is 1. The van der Waals surface area contributed by atoms with Crippen molar-refractivity contribution in [3.05, 3.63) is 79.7 Å². The van der Waals surface area contributed by atoms with Crippen molar-refractivity contribution in [2.75, 3.05) is 31.0 Å². The van der Waals surface area contributed by atoms with Crippen LogP contribution in [0.15, 0.2) is 52.7 Å². The van der Waals surface area contributed by atoms with Gasteiger partial charge in [0.2, 0.25) is 11.6 Å². The first-order valence-corrected chi connectivity index (χ1v) is 12.6. The molecule has 1 unspecified atom stereocenters. The number of nitrogens with zero attached hydrogens (tertiary/aromatic N) is 4. The van der Waals surface area contributed by atoms with E-state index in [1.807, 2.05) is 13.8 Å². The van der Waals surface area contributed by atoms with Crippen molar-refractivity contribution in [2.24, 2.45) is 5.92 Å². The number of rotatable bonds is 7. The van der Waals surface area contributed by atoms with E-state index < -0.39 is 23.3 Å². The number of amides is 1. The molecule has 1 fully saturated rings. The number of hydrogen-bond acceptors (Lipinski definition) is 7. The molecule has 0 radical (unpaired) electrons. The second-order valence-electron chi connectivity index (χ2n) is 9.36. The van der Waals surface area contributed by atoms with Crippen LogP contribution in [0.1, 0.15) is 25.5 Å². The third kappa shape index (κ3) is 5.38. The van der Waals surface area contributed by atoms with Gasteiger partial charge in [-0.15, -0.1) is 0 Å². The number of anilines is 2. The molecular weight excluding hydrogens is 548 g/mol. The average molecular weight is 575 g/mol. The molecule has 13 heteroatoms. The summed E-state index contributed by atoms with van der Waals surface area (Å²) in [6.07, 6.45) is 2.93. The zero-order valence-electron chi connectivity index (χ0n) is 21.8. The zero-order chi connectivity index (χ0) is 28.6. The number of quaternary nitrogens is 1. The number of carbonyl (C=O) groups excluding carboxylic acids is 1. The lowest BCUT2D eigenvalue weighted by molar-refractivity contribution is -0.526. The molecule has 4 N–H and O–H groups in total. The van der Waals surface area contributed by atoms with Crippen LogP contribution in [-0.4, -0.2) is 47.8 Å². The quantitative estimate of drug-likeness (QED) is 0.395. The molecule has 3 heterocycles. The Kier molecular flexibility index (Phi) is 8.05. The number of hydrogen-bond donors (Lipinski definition) is 3. The number of aromatic nitrogens is 3. The molecule has 10 nitrogen and oxygen atoms in total. The second kappa shape index (κ2) is 11.1. The van der Waals surface area contributed by atoms with Crippen molar-refractivity contribution in [3.8, 4) is 5.88 Å². The first kappa shape index (κ1) is 28.2. The molecule has 1 atom stereocenters. The normalized spacial score (nSPS) is 16.7. The van der Waals surface area contributed by atoms with Gasteiger partial charge in [-0.25, -0.2) is 9.37 Å². The molecule has 1 aromatic carbocycles. The molecule has 1 aliphatic heterocycles. The number of methoxy groups -OCH3 is 1. The Hall–Kier alpha value is -3.80. The molecule has 0 spiro atoms. The molecule has 1 saturated heterocycles. The molecule has 0 bridgehead atoms. The molecule has 2 aromatic heterocycles. The first-order chi connectivity index (χ1) is 18.4. The average Bonchev–Trinajstić information content (AvgIpc) is 3.15. The van der Waals surface area contributed by atoms with Gasteiger partial charge in [-0.2, -0.15) is 4.98 Å². The molecule has 1 aliphatic rings. The van der Waals surface area contributed by atoms with Gasteiger partial charge in [0.25, 0.3) is 17.3 Å². The fourth-order valence-electron chi connectivity index (χ4n) is 4.34. The number of pyridine rings is 1. The van der Waals surface area contributed by atoms with Gasteiger partial charge in [0.1, 0.15) is 22.2 Å². The summed E-state index contributed by atoms with van der Waals surface area (Å²) in [4.78, 5) is 39.9. The topological polar surface area (TPSA) is 132 Å². The number of benzene rings is 1. The Morgan fingerprint density at radius 1 is 1.23 bits per heavy atom. The first-order valence-electron chi connectivity index (χ1n) is 11.9. The van der Waals surface area contributed by atoms with Crippen LogP contribution in [0.4, 0.5) is 21.7 Å². The van der Waals surface area contributed by atoms with E-state index in [-0.39, 0.29) is 27.4 Å². The second-order valence-corrected chi connectivity index (χ2v) is 10.2. The van der Waals surface area contributed by atoms with Gasteiger partial charge in [-0.1, -0.05) is 43.1 Å². The number of nitrogens with two attached hydrogens (primary N) is 1. The highest BCUT2D eigenvalue weighted by molar-refractivity contribution is 6.52. The minimum absolute atomic E-state index is 0.0826. The number of allylic oxidation sites excluding steroid dienone is 1. The summed E-state index contributed by atoms with van der Waals surface area (Å²) in [5, 5.41) is 10.4. The van der Waals surface area contributed by atoms with Gasteiger partial charge in [0.15, 0.2) is 0 Å². The van der Waals surface area contributed by atoms with Gasteiger partial charge in [0.05, 0.1) is 35.6 Å². The predicted octanol–water partition coefficient (Wildman–Crippen LogP) is 3.60. The summed E-state index contributed by atoms with van der Waals surface area (Å²) in [5.41, 5.74) is 1.29. The summed E-state index contributed by atoms with van der Waals surface area (Å²) in [5.74, 6) is -0.761. The maximum Gasteiger partial charge on any atom is 0.281 e. The number of carbonyl (C=O) groups is 1. The SMILES string of the molecule is COc1nc(N(C)C)ncc1[NH2+]C(=C1C(=N)C(=O)N(c2c[nH]c(=O)c(Cl)c2)C1c1ccc(Cl)c(F)c1)C(C)C. The van der Waals surface area contributed by atoms with E-state index >= 15 is 0 Å². The van der Waals surface area contributed by atoms with E-state index in [0.29, 0.717) is 34.3 Å². The Morgan fingerprint density at radius 2 is 1.95 bits per heavy atom. The van der Waals surface area contributed by atoms with Gasteiger partial charge >= 0.3 is 0 Å². The lowest BCUT2D eigenvalue weighted by atomic mass is 9.92. The molecule has 204 valence electrons. The van der Waals surface area contributed by atoms with Gasteiger partial charge < -0.3 is 14.6 Å². The van der Waals surface area contributed by atoms with Crippen molar-refractivity contribution in [1.29, 1.82) is 5.41 Å². The summed E-state index contributed by atoms with van der Waals surface area (Å²) in [6.45, 7) is 3.83. The summed E-state index contributed by atoms with van der Waals surface area (Å²) < 4.78 is 20.2. The maximum atomic E-state index is 14.7. The molecule has 4 rings (SSSR count). The lowest BCUT2D eigenvalue weighted by Crippen LogP contribution is -2.77. The van der Waals surface area contributed by atoms with E-state index in [0.717, 1.165) is 0 Å². The molecule has 39 heavy (non-hydrogen) atoms. The van der Waals surface area contributed by atoms with Crippen molar-refractivity contribution in [2.45, 2.75) is 19.9 Å². The monoisotopic (exact) mass is 574 g/mol. The molecule has 1 amide bonds. The van der Waals surface area contributed by atoms with Gasteiger partial charge in [-0.05, 0) is 23.8 Å². The van der Waals surface area contributed by atoms with Crippen LogP contribution >= 0.6 is 23.2 Å². The fourth-order valence-corrected chi connectivity index (χ4v) is 4.62. The number of nitrogens with one attached hydrogen (secondary N) is 2. The number of aromatic amines is 1. The molecular formula is C26H27Cl2FN7O3+. The fraction of sp³-hybridized carbons (Fsp3) is 0.269. The highest BCUT2D eigenvalue weighted by Gasteiger charge is 2.46. The highest BCUT2D eigenvalue weighted by atomic mass is 35.5. The van der Waals surface area contributed by atoms with Crippen molar-refractivity contribution in [3.63, 3.8) is 0 Å². The largest absolute Gasteiger partial charge is 0.477 e. The van der Waals surface area contributed by atoms with Crippen LogP contribution in [0.25, 0.3) is 0 Å². The van der Waals surface area contributed by atoms with Crippen LogP contribution in [0.5, 0.6) is 5.88 Å². The lowest BCUT2D eigenvalue weighted by Gasteiger charge is -2.26. The summed E-state index contributed by atoms with van der Waals surface area (Å²) >= 11 is 12.0. The van der Waals surface area contributed by atoms with Crippen LogP contribution in [0.3, 0.4) is 0 Å². The Balaban J connectivity index is 1.96. The molecule has 3 aromatic rings. The minimum atomic E-state index is -0.930. The van der Waals surface area contributed by atoms with Crippen LogP contribution in [-0.2, 0) is 4.79 Å². The van der Waals surface area contributed by atoms with Crippen LogP contribution in [0.2, 0.25) is 10.0 Å². The maximum absolute atomic E-state index is 14.7. The number of halogens is 3. The van der Waals surface area contributed by atoms with E-state index in [1.54, 1.807) is 36.6 Å². The third-order valence-corrected chi connectivity index (χ3v) is 6.81. The third-order valence-electron chi connectivity index (χ3n) is 6.22. The summed E-state index contributed by atoms with van der Waals surface area (Å²) in [6, 6.07) is 4.62. The molecule has 0 saturated carbocycles. The molecule has 0 aliphatic carbocycles. The Labute approximate surface area is 233 Å². The summed E-state index contributed by atoms with van der Waals surface area (Å²) in [7, 11) is 5.10. The van der Waals surface area contributed by atoms with E-state index in [4.69, 9.17) is 33.3 Å². The number of H-pyrrole nitrogens is 1. The smallest absolute Gasteiger partial charge is 0.281 e. The highest BCUT2D eigenvalue weighted by Crippen LogP contribution is 2.42. The van der Waals surface area contributed by atoms with E-state index in [2.05, 4.69) is 15.0 Å². The Morgan fingerprint density at radius 3 is 2.54 bits per heavy atom. The van der Waals surface area contributed by atoms with E-state index in [9.17, 15) is 14.0 Å². The van der Waals surface area contributed by atoms with Crippen molar-refractivity contribution in [1.82, 2.24) is 15.0 Å². The minimum Gasteiger partial charge on any atom is -0.477 e. The Bertz CT molecular complexity index is 1550. The van der Waals surface area contributed by atoms with Crippen molar-refractivity contribution >= 4 is 52.1 Å². The standard InChI is InChI=1S/C26H26Cl2FN7O3/c1-12(2)21(33-18-11-32-26(35(3)4)34-24(18)39-5)19-20(30)25(38)36(14-9-16(28)23(37)31-10-14)22(19)13-6-7-15(27)17(29)8-13/h6-12,22,30,33H,1-5H3,(H,31,37)/p+1. The van der Waals surface area contributed by atoms with Crippen LogP contribution < -0.4 is 25.4 Å². The van der Waals surface area contributed by atoms with Crippen LogP contribution in [0, 0.1) is 17.1 Å².